The molecule has 0 aromatic heterocycles. The third-order valence-corrected chi connectivity index (χ3v) is 5.57. The number of hydrogen-bond donors (Lipinski definition) is 0. The molecule has 22 heavy (non-hydrogen) atoms. The fourth-order valence-electron chi connectivity index (χ4n) is 2.78. The Morgan fingerprint density at radius 2 is 1.68 bits per heavy atom. The first-order chi connectivity index (χ1) is 10.5. The average Bonchev–Trinajstić information content (AvgIpc) is 2.70. The molecule has 3 rings (SSSR count). The topological polar surface area (TPSA) is 65.1 Å². The fourth-order valence-corrected chi connectivity index (χ4v) is 4.39. The zero-order chi connectivity index (χ0) is 15.7. The molecule has 7 heteroatoms. The summed E-state index contributed by atoms with van der Waals surface area (Å²) in [4.78, 5) is 0.234. The predicted molar refractivity (Wildman–Crippen MR) is 80.8 cm³/mol. The first kappa shape index (κ1) is 15.6. The third-order valence-electron chi connectivity index (χ3n) is 3.74. The highest BCUT2D eigenvalue weighted by Gasteiger charge is 2.32. The van der Waals surface area contributed by atoms with Crippen LogP contribution in [-0.2, 0) is 14.8 Å². The molecular formula is C15H21NO5S. The number of fused-ring (bicyclic) bond motifs is 1. The lowest BCUT2D eigenvalue weighted by Crippen LogP contribution is -2.48. The van der Waals surface area contributed by atoms with Crippen molar-refractivity contribution in [3.05, 3.63) is 18.2 Å². The molecule has 2 aliphatic heterocycles. The van der Waals surface area contributed by atoms with Gasteiger partial charge in [0.25, 0.3) is 0 Å². The van der Waals surface area contributed by atoms with Gasteiger partial charge in [0.2, 0.25) is 10.0 Å². The van der Waals surface area contributed by atoms with Gasteiger partial charge in [-0.2, -0.15) is 4.31 Å². The molecule has 1 fully saturated rings. The largest absolute Gasteiger partial charge is 0.490 e. The van der Waals surface area contributed by atoms with Crippen LogP contribution in [0.15, 0.2) is 23.1 Å². The van der Waals surface area contributed by atoms with Gasteiger partial charge in [0.1, 0.15) is 0 Å². The summed E-state index contributed by atoms with van der Waals surface area (Å²) in [5.41, 5.74) is 0. The second-order valence-corrected chi connectivity index (χ2v) is 7.68. The van der Waals surface area contributed by atoms with Crippen LogP contribution in [0, 0.1) is 0 Å². The predicted octanol–water partition coefficient (Wildman–Crippen LogP) is 1.65. The summed E-state index contributed by atoms with van der Waals surface area (Å²) in [6, 6.07) is 4.80. The maximum atomic E-state index is 12.8. The molecule has 1 saturated heterocycles. The van der Waals surface area contributed by atoms with Crippen molar-refractivity contribution in [1.82, 2.24) is 4.31 Å². The number of morpholine rings is 1. The normalized spacial score (nSPS) is 26.5. The molecule has 0 amide bonds. The van der Waals surface area contributed by atoms with E-state index in [9.17, 15) is 8.42 Å². The third kappa shape index (κ3) is 3.06. The van der Waals surface area contributed by atoms with Gasteiger partial charge in [0, 0.05) is 25.6 Å². The van der Waals surface area contributed by atoms with Crippen molar-refractivity contribution in [3.8, 4) is 11.5 Å². The minimum Gasteiger partial charge on any atom is -0.490 e. The maximum absolute atomic E-state index is 12.8. The van der Waals surface area contributed by atoms with Gasteiger partial charge in [-0.3, -0.25) is 0 Å². The van der Waals surface area contributed by atoms with Gasteiger partial charge in [-0.15, -0.1) is 0 Å². The molecule has 0 N–H and O–H groups in total. The molecular weight excluding hydrogens is 306 g/mol. The molecule has 122 valence electrons. The van der Waals surface area contributed by atoms with Crippen LogP contribution in [-0.4, -0.2) is 51.2 Å². The number of benzene rings is 1. The molecule has 0 radical (unpaired) electrons. The SMILES string of the molecule is C[C@H]1CN(S(=O)(=O)c2ccc3c(c2)OCCCO3)C[C@H](C)O1. The zero-order valence-electron chi connectivity index (χ0n) is 12.8. The Morgan fingerprint density at radius 1 is 1.05 bits per heavy atom. The average molecular weight is 327 g/mol. The molecule has 1 aromatic carbocycles. The Bertz CT molecular complexity index is 635. The highest BCUT2D eigenvalue weighted by atomic mass is 32.2. The first-order valence-corrected chi connectivity index (χ1v) is 8.96. The van der Waals surface area contributed by atoms with Gasteiger partial charge in [-0.05, 0) is 26.0 Å². The standard InChI is InChI=1S/C15H21NO5S/c1-11-9-16(10-12(2)21-11)22(17,18)13-4-5-14-15(8-13)20-7-3-6-19-14/h4-5,8,11-12H,3,6-7,9-10H2,1-2H3/t11-,12-/m0/s1. The summed E-state index contributed by atoms with van der Waals surface area (Å²) < 4.78 is 43.9. The van der Waals surface area contributed by atoms with Gasteiger partial charge < -0.3 is 14.2 Å². The van der Waals surface area contributed by atoms with Crippen LogP contribution in [0.25, 0.3) is 0 Å². The summed E-state index contributed by atoms with van der Waals surface area (Å²) in [5, 5.41) is 0. The Kier molecular flexibility index (Phi) is 4.29. The van der Waals surface area contributed by atoms with Gasteiger partial charge in [-0.25, -0.2) is 8.42 Å². The number of nitrogens with zero attached hydrogens (tertiary/aromatic N) is 1. The lowest BCUT2D eigenvalue weighted by atomic mass is 10.3. The lowest BCUT2D eigenvalue weighted by Gasteiger charge is -2.34. The number of hydrogen-bond acceptors (Lipinski definition) is 5. The van der Waals surface area contributed by atoms with Crippen molar-refractivity contribution in [1.29, 1.82) is 0 Å². The smallest absolute Gasteiger partial charge is 0.243 e. The molecule has 2 atom stereocenters. The van der Waals surface area contributed by atoms with Gasteiger partial charge in [0.05, 0.1) is 30.3 Å². The highest BCUT2D eigenvalue weighted by Crippen LogP contribution is 2.33. The van der Waals surface area contributed by atoms with E-state index in [2.05, 4.69) is 0 Å². The monoisotopic (exact) mass is 327 g/mol. The zero-order valence-corrected chi connectivity index (χ0v) is 13.6. The molecule has 1 aromatic rings. The molecule has 2 aliphatic rings. The molecule has 0 bridgehead atoms. The summed E-state index contributed by atoms with van der Waals surface area (Å²) >= 11 is 0. The van der Waals surface area contributed by atoms with Crippen molar-refractivity contribution < 1.29 is 22.6 Å². The quantitative estimate of drug-likeness (QED) is 0.826. The molecule has 6 nitrogen and oxygen atoms in total. The van der Waals surface area contributed by atoms with Gasteiger partial charge >= 0.3 is 0 Å². The summed E-state index contributed by atoms with van der Waals surface area (Å²) in [6.07, 6.45) is 0.563. The van der Waals surface area contributed by atoms with Crippen molar-refractivity contribution in [3.63, 3.8) is 0 Å². The Morgan fingerprint density at radius 3 is 2.36 bits per heavy atom. The fraction of sp³-hybridized carbons (Fsp3) is 0.600. The molecule has 0 spiro atoms. The minimum atomic E-state index is -3.56. The van der Waals surface area contributed by atoms with E-state index in [1.807, 2.05) is 13.8 Å². The van der Waals surface area contributed by atoms with Crippen LogP contribution in [0.1, 0.15) is 20.3 Å². The Labute approximate surface area is 131 Å². The second-order valence-electron chi connectivity index (χ2n) is 5.74. The van der Waals surface area contributed by atoms with E-state index < -0.39 is 10.0 Å². The number of sulfonamides is 1. The van der Waals surface area contributed by atoms with E-state index in [4.69, 9.17) is 14.2 Å². The molecule has 0 unspecified atom stereocenters. The van der Waals surface area contributed by atoms with E-state index in [-0.39, 0.29) is 17.1 Å². The summed E-state index contributed by atoms with van der Waals surface area (Å²) in [6.45, 7) is 5.60. The van der Waals surface area contributed by atoms with Crippen molar-refractivity contribution >= 4 is 10.0 Å². The van der Waals surface area contributed by atoms with Crippen LogP contribution >= 0.6 is 0 Å². The van der Waals surface area contributed by atoms with Crippen LogP contribution in [0.2, 0.25) is 0 Å². The molecule has 0 aliphatic carbocycles. The summed E-state index contributed by atoms with van der Waals surface area (Å²) in [5.74, 6) is 1.09. The van der Waals surface area contributed by atoms with Crippen molar-refractivity contribution in [2.75, 3.05) is 26.3 Å². The summed E-state index contributed by atoms with van der Waals surface area (Å²) in [7, 11) is -3.56. The Hall–Kier alpha value is -1.31. The van der Waals surface area contributed by atoms with E-state index in [0.717, 1.165) is 6.42 Å². The lowest BCUT2D eigenvalue weighted by molar-refractivity contribution is -0.0440. The second kappa shape index (κ2) is 6.06. The van der Waals surface area contributed by atoms with Gasteiger partial charge in [-0.1, -0.05) is 0 Å². The van der Waals surface area contributed by atoms with Crippen LogP contribution in [0.4, 0.5) is 0 Å². The first-order valence-electron chi connectivity index (χ1n) is 7.52. The van der Waals surface area contributed by atoms with E-state index >= 15 is 0 Å². The highest BCUT2D eigenvalue weighted by molar-refractivity contribution is 7.89. The van der Waals surface area contributed by atoms with Crippen molar-refractivity contribution in [2.24, 2.45) is 0 Å². The minimum absolute atomic E-state index is 0.112. The van der Waals surface area contributed by atoms with Gasteiger partial charge in [0.15, 0.2) is 11.5 Å². The van der Waals surface area contributed by atoms with E-state index in [0.29, 0.717) is 37.8 Å². The van der Waals surface area contributed by atoms with E-state index in [1.54, 1.807) is 18.2 Å². The van der Waals surface area contributed by atoms with Crippen LogP contribution in [0.5, 0.6) is 11.5 Å². The maximum Gasteiger partial charge on any atom is 0.243 e. The van der Waals surface area contributed by atoms with Crippen molar-refractivity contribution in [2.45, 2.75) is 37.4 Å². The number of rotatable bonds is 2. The number of ether oxygens (including phenoxy) is 3. The molecule has 2 heterocycles. The van der Waals surface area contributed by atoms with E-state index in [1.165, 1.54) is 4.31 Å². The van der Waals surface area contributed by atoms with Crippen LogP contribution < -0.4 is 9.47 Å². The Balaban J connectivity index is 1.90. The molecule has 0 saturated carbocycles. The van der Waals surface area contributed by atoms with Crippen LogP contribution in [0.3, 0.4) is 0 Å².